The van der Waals surface area contributed by atoms with Crippen LogP contribution >= 0.6 is 0 Å². The number of phenolic OH excluding ortho intramolecular Hbond substituents is 1. The summed E-state index contributed by atoms with van der Waals surface area (Å²) in [5, 5.41) is 15.1. The number of hydrogen-bond acceptors (Lipinski definition) is 8. The fraction of sp³-hybridized carbons (Fsp3) is 0.593. The van der Waals surface area contributed by atoms with Crippen molar-refractivity contribution >= 4 is 29.8 Å². The Morgan fingerprint density at radius 3 is 2.18 bits per heavy atom. The van der Waals surface area contributed by atoms with Gasteiger partial charge >= 0.3 is 12.1 Å². The number of nitrogens with zero attached hydrogens (tertiary/aromatic N) is 1. The second-order valence-corrected chi connectivity index (χ2v) is 11.0. The molecule has 1 aromatic rings. The van der Waals surface area contributed by atoms with Crippen LogP contribution in [0.2, 0.25) is 0 Å². The standard InChI is InChI=1S/C27H42N4O8/c1-9-38-21(34)12-13-29-23(35)22(17-10-11-19(32)16(2)14-17)31(26(3,4)5)24(36)18(15-20(28)33)30-25(37)39-27(6,7)8/h10-11,14,18,22,32H,9,12-13,15H2,1-8H3,(H2,28,33)(H,29,35)(H,30,37). The average molecular weight is 551 g/mol. The van der Waals surface area contributed by atoms with Gasteiger partial charge in [-0.25, -0.2) is 4.79 Å². The van der Waals surface area contributed by atoms with Gasteiger partial charge in [0.2, 0.25) is 17.7 Å². The summed E-state index contributed by atoms with van der Waals surface area (Å²) < 4.78 is 10.2. The molecule has 0 spiro atoms. The lowest BCUT2D eigenvalue weighted by Gasteiger charge is -2.43. The minimum Gasteiger partial charge on any atom is -0.508 e. The lowest BCUT2D eigenvalue weighted by molar-refractivity contribution is -0.149. The van der Waals surface area contributed by atoms with Crippen LogP contribution < -0.4 is 16.4 Å². The van der Waals surface area contributed by atoms with Gasteiger partial charge in [0.25, 0.3) is 0 Å². The maximum Gasteiger partial charge on any atom is 0.408 e. The molecule has 5 N–H and O–H groups in total. The number of phenols is 1. The molecule has 0 saturated heterocycles. The molecule has 2 unspecified atom stereocenters. The Morgan fingerprint density at radius 1 is 1.08 bits per heavy atom. The van der Waals surface area contributed by atoms with Crippen molar-refractivity contribution in [3.63, 3.8) is 0 Å². The number of alkyl carbamates (subject to hydrolysis) is 1. The summed E-state index contributed by atoms with van der Waals surface area (Å²) in [7, 11) is 0. The number of ether oxygens (including phenoxy) is 2. The first-order valence-corrected chi connectivity index (χ1v) is 12.7. The molecule has 12 nitrogen and oxygen atoms in total. The summed E-state index contributed by atoms with van der Waals surface area (Å²) in [4.78, 5) is 65.0. The van der Waals surface area contributed by atoms with Crippen molar-refractivity contribution < 1.29 is 38.6 Å². The smallest absolute Gasteiger partial charge is 0.408 e. The van der Waals surface area contributed by atoms with Crippen LogP contribution in [0.1, 0.15) is 78.5 Å². The molecule has 218 valence electrons. The van der Waals surface area contributed by atoms with E-state index >= 15 is 0 Å². The van der Waals surface area contributed by atoms with Gasteiger partial charge in [0.1, 0.15) is 23.4 Å². The van der Waals surface area contributed by atoms with Crippen LogP contribution in [0.25, 0.3) is 0 Å². The molecule has 0 heterocycles. The normalized spacial score (nSPS) is 13.0. The topological polar surface area (TPSA) is 177 Å². The first kappa shape index (κ1) is 33.2. The van der Waals surface area contributed by atoms with Gasteiger partial charge in [-0.15, -0.1) is 0 Å². The van der Waals surface area contributed by atoms with Crippen LogP contribution in [0, 0.1) is 6.92 Å². The predicted octanol–water partition coefficient (Wildman–Crippen LogP) is 2.21. The van der Waals surface area contributed by atoms with E-state index < -0.39 is 59.4 Å². The monoisotopic (exact) mass is 550 g/mol. The highest BCUT2D eigenvalue weighted by Crippen LogP contribution is 2.32. The Labute approximate surface area is 229 Å². The third-order valence-electron chi connectivity index (χ3n) is 5.33. The largest absolute Gasteiger partial charge is 0.508 e. The minimum atomic E-state index is -1.44. The molecular formula is C27H42N4O8. The van der Waals surface area contributed by atoms with Crippen LogP contribution in [-0.2, 0) is 28.7 Å². The van der Waals surface area contributed by atoms with Gasteiger partial charge in [0.05, 0.1) is 19.4 Å². The second kappa shape index (κ2) is 13.8. The van der Waals surface area contributed by atoms with Crippen LogP contribution in [0.15, 0.2) is 18.2 Å². The van der Waals surface area contributed by atoms with Gasteiger partial charge in [0.15, 0.2) is 0 Å². The number of nitrogens with one attached hydrogen (secondary N) is 2. The van der Waals surface area contributed by atoms with Gasteiger partial charge in [-0.2, -0.15) is 0 Å². The van der Waals surface area contributed by atoms with E-state index in [1.807, 2.05) is 0 Å². The Kier molecular flexibility index (Phi) is 11.8. The number of amides is 4. The van der Waals surface area contributed by atoms with E-state index in [0.717, 1.165) is 0 Å². The molecule has 2 atom stereocenters. The number of benzene rings is 1. The number of carbonyl (C=O) groups is 5. The van der Waals surface area contributed by atoms with Crippen LogP contribution in [0.5, 0.6) is 5.75 Å². The number of aryl methyl sites for hydroxylation is 1. The molecule has 0 bridgehead atoms. The highest BCUT2D eigenvalue weighted by atomic mass is 16.6. The fourth-order valence-corrected chi connectivity index (χ4v) is 3.75. The molecule has 39 heavy (non-hydrogen) atoms. The van der Waals surface area contributed by atoms with E-state index in [-0.39, 0.29) is 25.3 Å². The van der Waals surface area contributed by atoms with Crippen molar-refractivity contribution in [2.24, 2.45) is 5.73 Å². The number of aromatic hydroxyl groups is 1. The Hall–Kier alpha value is -3.83. The highest BCUT2D eigenvalue weighted by molar-refractivity contribution is 5.95. The zero-order valence-corrected chi connectivity index (χ0v) is 24.0. The van der Waals surface area contributed by atoms with Crippen LogP contribution in [-0.4, -0.2) is 70.1 Å². The van der Waals surface area contributed by atoms with E-state index in [4.69, 9.17) is 15.2 Å². The van der Waals surface area contributed by atoms with Crippen LogP contribution in [0.3, 0.4) is 0 Å². The maximum atomic E-state index is 14.0. The molecule has 0 aliphatic heterocycles. The summed E-state index contributed by atoms with van der Waals surface area (Å²) >= 11 is 0. The number of esters is 1. The van der Waals surface area contributed by atoms with Crippen molar-refractivity contribution in [3.05, 3.63) is 29.3 Å². The summed E-state index contributed by atoms with van der Waals surface area (Å²) in [6.07, 6.45) is -1.57. The number of nitrogens with two attached hydrogens (primary N) is 1. The van der Waals surface area contributed by atoms with Crippen molar-refractivity contribution in [1.82, 2.24) is 15.5 Å². The molecule has 0 aliphatic carbocycles. The summed E-state index contributed by atoms with van der Waals surface area (Å²) in [6, 6.07) is 1.74. The SMILES string of the molecule is CCOC(=O)CCNC(=O)C(c1ccc(O)c(C)c1)N(C(=O)C(CC(N)=O)NC(=O)OC(C)(C)C)C(C)(C)C. The van der Waals surface area contributed by atoms with Gasteiger partial charge < -0.3 is 35.8 Å². The Bertz CT molecular complexity index is 1060. The third-order valence-corrected chi connectivity index (χ3v) is 5.33. The summed E-state index contributed by atoms with van der Waals surface area (Å²) in [5.41, 5.74) is 4.32. The molecule has 0 fully saturated rings. The third kappa shape index (κ3) is 10.8. The van der Waals surface area contributed by atoms with Crippen molar-refractivity contribution in [3.8, 4) is 5.75 Å². The maximum absolute atomic E-state index is 14.0. The van der Waals surface area contributed by atoms with Crippen LogP contribution in [0.4, 0.5) is 4.79 Å². The number of rotatable bonds is 11. The molecule has 12 heteroatoms. The predicted molar refractivity (Wildman–Crippen MR) is 143 cm³/mol. The Morgan fingerprint density at radius 2 is 1.69 bits per heavy atom. The summed E-state index contributed by atoms with van der Waals surface area (Å²) in [5.74, 6) is -2.74. The first-order valence-electron chi connectivity index (χ1n) is 12.7. The Balaban J connectivity index is 3.55. The number of hydrogen-bond donors (Lipinski definition) is 4. The van der Waals surface area contributed by atoms with E-state index in [0.29, 0.717) is 11.1 Å². The molecule has 0 radical (unpaired) electrons. The highest BCUT2D eigenvalue weighted by Gasteiger charge is 2.42. The lowest BCUT2D eigenvalue weighted by Crippen LogP contribution is -2.59. The van der Waals surface area contributed by atoms with Crippen molar-refractivity contribution in [2.75, 3.05) is 13.2 Å². The molecule has 1 aromatic carbocycles. The average Bonchev–Trinajstić information content (AvgIpc) is 2.76. The number of carbonyl (C=O) groups excluding carboxylic acids is 5. The van der Waals surface area contributed by atoms with E-state index in [9.17, 15) is 29.1 Å². The lowest BCUT2D eigenvalue weighted by atomic mass is 9.94. The fourth-order valence-electron chi connectivity index (χ4n) is 3.75. The van der Waals surface area contributed by atoms with E-state index in [1.165, 1.54) is 17.0 Å². The zero-order chi connectivity index (χ0) is 30.1. The van der Waals surface area contributed by atoms with Gasteiger partial charge in [-0.3, -0.25) is 19.2 Å². The van der Waals surface area contributed by atoms with E-state index in [1.54, 1.807) is 61.5 Å². The van der Waals surface area contributed by atoms with Gasteiger partial charge in [-0.1, -0.05) is 6.07 Å². The van der Waals surface area contributed by atoms with Gasteiger partial charge in [-0.05, 0) is 78.6 Å². The molecule has 4 amide bonds. The number of primary amides is 1. The van der Waals surface area contributed by atoms with Crippen molar-refractivity contribution in [1.29, 1.82) is 0 Å². The molecule has 0 saturated carbocycles. The quantitative estimate of drug-likeness (QED) is 0.303. The minimum absolute atomic E-state index is 0.00736. The molecular weight excluding hydrogens is 508 g/mol. The molecule has 1 rings (SSSR count). The second-order valence-electron chi connectivity index (χ2n) is 11.0. The molecule has 0 aromatic heterocycles. The molecule has 0 aliphatic rings. The van der Waals surface area contributed by atoms with E-state index in [2.05, 4.69) is 10.6 Å². The first-order chi connectivity index (χ1) is 17.9. The summed E-state index contributed by atoms with van der Waals surface area (Å²) in [6.45, 7) is 13.4. The van der Waals surface area contributed by atoms with Gasteiger partial charge in [0, 0.05) is 12.1 Å². The van der Waals surface area contributed by atoms with Crippen molar-refractivity contribution in [2.45, 2.75) is 91.5 Å². The zero-order valence-electron chi connectivity index (χ0n) is 24.0.